The van der Waals surface area contributed by atoms with Gasteiger partial charge in [-0.2, -0.15) is 0 Å². The van der Waals surface area contributed by atoms with E-state index in [4.69, 9.17) is 0 Å². The first-order valence-corrected chi connectivity index (χ1v) is 19.2. The van der Waals surface area contributed by atoms with Crippen LogP contribution < -0.4 is 9.80 Å². The summed E-state index contributed by atoms with van der Waals surface area (Å²) in [6, 6.07) is 56.2. The maximum Gasteiger partial charge on any atom is 0.0700 e. The zero-order valence-electron chi connectivity index (χ0n) is 31.8. The summed E-state index contributed by atoms with van der Waals surface area (Å²) < 4.78 is 0. The van der Waals surface area contributed by atoms with Gasteiger partial charge in [0, 0.05) is 23.2 Å². The van der Waals surface area contributed by atoms with Gasteiger partial charge in [-0.05, 0) is 103 Å². The molecule has 2 heteroatoms. The van der Waals surface area contributed by atoms with Gasteiger partial charge in [-0.15, -0.1) is 0 Å². The lowest BCUT2D eigenvalue weighted by Crippen LogP contribution is -2.24. The normalized spacial score (nSPS) is 14.5. The van der Waals surface area contributed by atoms with Crippen LogP contribution in [0.3, 0.4) is 0 Å². The van der Waals surface area contributed by atoms with Gasteiger partial charge in [0.25, 0.3) is 0 Å². The Kier molecular flexibility index (Phi) is 7.47. The maximum absolute atomic E-state index is 3.99. The van der Waals surface area contributed by atoms with E-state index in [0.717, 1.165) is 0 Å². The zero-order chi connectivity index (χ0) is 37.4. The molecular weight excluding hydrogens is 665 g/mol. The van der Waals surface area contributed by atoms with Gasteiger partial charge >= 0.3 is 0 Å². The first kappa shape index (κ1) is 33.0. The third kappa shape index (κ3) is 4.81. The summed E-state index contributed by atoms with van der Waals surface area (Å²) in [5, 5.41) is 7.42. The Hall–Kier alpha value is -6.64. The summed E-state index contributed by atoms with van der Waals surface area (Å²) in [6.07, 6.45) is 6.21. The minimum atomic E-state index is -0.151. The van der Waals surface area contributed by atoms with Crippen LogP contribution in [0.15, 0.2) is 182 Å². The van der Waals surface area contributed by atoms with E-state index < -0.39 is 0 Å². The van der Waals surface area contributed by atoms with Crippen molar-refractivity contribution in [1.29, 1.82) is 0 Å². The Labute approximate surface area is 323 Å². The first-order valence-electron chi connectivity index (χ1n) is 19.2. The highest BCUT2D eigenvalue weighted by molar-refractivity contribution is 6.25. The molecule has 8 aromatic carbocycles. The van der Waals surface area contributed by atoms with Crippen molar-refractivity contribution in [3.05, 3.63) is 193 Å². The van der Waals surface area contributed by atoms with E-state index in [-0.39, 0.29) is 5.41 Å². The summed E-state index contributed by atoms with van der Waals surface area (Å²) in [5.74, 6) is 0. The molecule has 0 saturated heterocycles. The van der Waals surface area contributed by atoms with Crippen molar-refractivity contribution in [2.24, 2.45) is 0 Å². The number of para-hydroxylation sites is 4. The van der Waals surface area contributed by atoms with E-state index in [0.29, 0.717) is 0 Å². The van der Waals surface area contributed by atoms with Crippen LogP contribution in [-0.2, 0) is 5.41 Å². The summed E-state index contributed by atoms with van der Waals surface area (Å²) in [4.78, 5) is 4.83. The smallest absolute Gasteiger partial charge is 0.0700 e. The highest BCUT2D eigenvalue weighted by Gasteiger charge is 2.37. The Morgan fingerprint density at radius 2 is 1.13 bits per heavy atom. The Morgan fingerprint density at radius 3 is 1.85 bits per heavy atom. The molecule has 0 fully saturated rings. The summed E-state index contributed by atoms with van der Waals surface area (Å²) in [6.45, 7) is 11.0. The molecule has 2 aliphatic rings. The minimum absolute atomic E-state index is 0.151. The average molecular weight is 707 g/mol. The molecule has 10 rings (SSSR count). The standard InChI is InChI=1S/C53H42N2/c1-6-7-25-44-34(2)50-42(24-17-26-45(50)53(44,3)4)51-39-21-10-11-22-40(39)52(55-48-29-14-12-27-46(48)54(5)47-28-13-15-30-49(47)55)41-32-31-36(33-43(41)51)38-23-16-19-35-18-8-9-20-37(35)38/h6-33H,1H2,2-5H3/b25-7-. The van der Waals surface area contributed by atoms with Crippen LogP contribution >= 0.6 is 0 Å². The predicted octanol–water partition coefficient (Wildman–Crippen LogP) is 14.8. The van der Waals surface area contributed by atoms with Gasteiger partial charge in [-0.3, -0.25) is 0 Å². The van der Waals surface area contributed by atoms with Crippen molar-refractivity contribution in [2.45, 2.75) is 26.2 Å². The molecule has 1 aliphatic heterocycles. The monoisotopic (exact) mass is 706 g/mol. The highest BCUT2D eigenvalue weighted by Crippen LogP contribution is 2.57. The fourth-order valence-corrected chi connectivity index (χ4v) is 9.64. The lowest BCUT2D eigenvalue weighted by atomic mass is 9.79. The molecule has 0 spiro atoms. The minimum Gasteiger partial charge on any atom is -0.341 e. The second-order valence-corrected chi connectivity index (χ2v) is 15.4. The van der Waals surface area contributed by atoms with Crippen LogP contribution in [0.1, 0.15) is 31.9 Å². The molecule has 0 saturated carbocycles. The molecule has 2 nitrogen and oxygen atoms in total. The molecule has 8 aromatic rings. The molecule has 0 radical (unpaired) electrons. The van der Waals surface area contributed by atoms with Gasteiger partial charge in [-0.1, -0.05) is 160 Å². The van der Waals surface area contributed by atoms with Crippen LogP contribution in [-0.4, -0.2) is 7.05 Å². The summed E-state index contributed by atoms with van der Waals surface area (Å²) >= 11 is 0. The van der Waals surface area contributed by atoms with Gasteiger partial charge in [0.05, 0.1) is 28.4 Å². The quantitative estimate of drug-likeness (QED) is 0.130. The van der Waals surface area contributed by atoms with E-state index >= 15 is 0 Å². The zero-order valence-corrected chi connectivity index (χ0v) is 31.8. The van der Waals surface area contributed by atoms with Crippen LogP contribution in [0.4, 0.5) is 28.4 Å². The second-order valence-electron chi connectivity index (χ2n) is 15.4. The summed E-state index contributed by atoms with van der Waals surface area (Å²) in [7, 11) is 2.18. The topological polar surface area (TPSA) is 6.48 Å². The first-order chi connectivity index (χ1) is 26.9. The van der Waals surface area contributed by atoms with Crippen molar-refractivity contribution >= 4 is 66.3 Å². The van der Waals surface area contributed by atoms with Crippen molar-refractivity contribution < 1.29 is 0 Å². The van der Waals surface area contributed by atoms with E-state index in [1.54, 1.807) is 0 Å². The molecular formula is C53H42N2. The molecule has 1 aliphatic carbocycles. The van der Waals surface area contributed by atoms with Gasteiger partial charge in [0.1, 0.15) is 0 Å². The molecule has 0 amide bonds. The fourth-order valence-electron chi connectivity index (χ4n) is 9.64. The molecule has 1 heterocycles. The number of benzene rings is 8. The molecule has 0 N–H and O–H groups in total. The van der Waals surface area contributed by atoms with Crippen LogP contribution in [0, 0.1) is 0 Å². The van der Waals surface area contributed by atoms with Crippen LogP contribution in [0.5, 0.6) is 0 Å². The Morgan fingerprint density at radius 1 is 0.545 bits per heavy atom. The van der Waals surface area contributed by atoms with Gasteiger partial charge < -0.3 is 9.80 Å². The van der Waals surface area contributed by atoms with E-state index in [9.17, 15) is 0 Å². The lowest BCUT2D eigenvalue weighted by Gasteiger charge is -2.39. The average Bonchev–Trinajstić information content (AvgIpc) is 3.42. The second kappa shape index (κ2) is 12.5. The van der Waals surface area contributed by atoms with Crippen molar-refractivity contribution in [1.82, 2.24) is 0 Å². The SMILES string of the molecule is C=C/C=C\C1=C(C)c2c(-c3c4ccccc4c(N4c5ccccc5N(C)c5ccccc54)c4ccc(-c5cccc6ccccc56)cc34)cccc2C1(C)C. The molecule has 55 heavy (non-hydrogen) atoms. The van der Waals surface area contributed by atoms with Gasteiger partial charge in [0.2, 0.25) is 0 Å². The van der Waals surface area contributed by atoms with Crippen molar-refractivity contribution in [3.63, 3.8) is 0 Å². The number of allylic oxidation sites excluding steroid dienone is 5. The van der Waals surface area contributed by atoms with Gasteiger partial charge in [-0.25, -0.2) is 0 Å². The van der Waals surface area contributed by atoms with Crippen LogP contribution in [0.25, 0.3) is 60.1 Å². The summed E-state index contributed by atoms with van der Waals surface area (Å²) in [5.41, 5.74) is 16.1. The van der Waals surface area contributed by atoms with E-state index in [1.807, 2.05) is 6.08 Å². The highest BCUT2D eigenvalue weighted by atomic mass is 15.3. The largest absolute Gasteiger partial charge is 0.341 e. The number of fused-ring (bicyclic) bond motifs is 6. The van der Waals surface area contributed by atoms with Crippen molar-refractivity contribution in [3.8, 4) is 22.3 Å². The Balaban J connectivity index is 1.37. The lowest BCUT2D eigenvalue weighted by molar-refractivity contribution is 0.654. The number of hydrogen-bond acceptors (Lipinski definition) is 2. The predicted molar refractivity (Wildman–Crippen MR) is 238 cm³/mol. The van der Waals surface area contributed by atoms with E-state index in [2.05, 4.69) is 208 Å². The number of nitrogens with zero attached hydrogens (tertiary/aromatic N) is 2. The Bertz CT molecular complexity index is 2900. The molecule has 0 unspecified atom stereocenters. The number of rotatable bonds is 5. The third-order valence-corrected chi connectivity index (χ3v) is 12.1. The molecule has 264 valence electrons. The number of hydrogen-bond donors (Lipinski definition) is 0. The maximum atomic E-state index is 3.99. The van der Waals surface area contributed by atoms with Gasteiger partial charge in [0.15, 0.2) is 0 Å². The third-order valence-electron chi connectivity index (χ3n) is 12.1. The molecule has 0 bridgehead atoms. The molecule has 0 atom stereocenters. The number of anilines is 5. The fraction of sp³-hybridized carbons (Fsp3) is 0.0943. The van der Waals surface area contributed by atoms with Crippen molar-refractivity contribution in [2.75, 3.05) is 16.8 Å². The molecule has 0 aromatic heterocycles. The van der Waals surface area contributed by atoms with E-state index in [1.165, 1.54) is 105 Å². The van der Waals surface area contributed by atoms with Crippen LogP contribution in [0.2, 0.25) is 0 Å².